The van der Waals surface area contributed by atoms with E-state index in [1.165, 1.54) is 49.7 Å². The maximum absolute atomic E-state index is 12.8. The molecule has 5 heteroatoms. The topological polar surface area (TPSA) is 49.2 Å². The van der Waals surface area contributed by atoms with Crippen LogP contribution in [0.15, 0.2) is 72.8 Å². The van der Waals surface area contributed by atoms with Gasteiger partial charge in [-0.05, 0) is 54.7 Å². The van der Waals surface area contributed by atoms with Crippen LogP contribution in [0.25, 0.3) is 0 Å². The predicted octanol–water partition coefficient (Wildman–Crippen LogP) is 7.18. The Morgan fingerprint density at radius 3 is 2.23 bits per heavy atom. The van der Waals surface area contributed by atoms with E-state index in [4.69, 9.17) is 9.47 Å². The Morgan fingerprint density at radius 2 is 1.51 bits per heavy atom. The van der Waals surface area contributed by atoms with E-state index in [1.54, 1.807) is 0 Å². The molecule has 5 rings (SSSR count). The van der Waals surface area contributed by atoms with Gasteiger partial charge in [0.05, 0.1) is 24.5 Å². The van der Waals surface area contributed by atoms with Gasteiger partial charge in [-0.15, -0.1) is 0 Å². The van der Waals surface area contributed by atoms with E-state index < -0.39 is 0 Å². The Hall–Kier alpha value is -2.86. The smallest absolute Gasteiger partial charge is 0.151 e. The summed E-state index contributed by atoms with van der Waals surface area (Å²) in [5, 5.41) is 13.1. The Morgan fingerprint density at radius 1 is 0.846 bits per heavy atom. The van der Waals surface area contributed by atoms with E-state index in [9.17, 15) is 5.21 Å². The highest BCUT2D eigenvalue weighted by Crippen LogP contribution is 2.46. The van der Waals surface area contributed by atoms with Crippen LogP contribution in [-0.4, -0.2) is 32.3 Å². The zero-order valence-corrected chi connectivity index (χ0v) is 23.4. The van der Waals surface area contributed by atoms with Crippen LogP contribution in [0.4, 0.5) is 11.4 Å². The van der Waals surface area contributed by atoms with Gasteiger partial charge in [-0.1, -0.05) is 87.6 Å². The summed E-state index contributed by atoms with van der Waals surface area (Å²) < 4.78 is 12.2. The Bertz CT molecular complexity index is 1120. The molecule has 5 nitrogen and oxygen atoms in total. The highest BCUT2D eigenvalue weighted by molar-refractivity contribution is 5.77. The number of aryl methyl sites for hydroxylation is 1. The summed E-state index contributed by atoms with van der Waals surface area (Å²) in [5.74, 6) is 2.04. The molecule has 2 aliphatic rings. The monoisotopic (exact) mass is 528 g/mol. The normalized spacial score (nSPS) is 19.9. The third kappa shape index (κ3) is 7.02. The van der Waals surface area contributed by atoms with Crippen molar-refractivity contribution < 1.29 is 14.5 Å². The molecule has 2 heterocycles. The largest absolute Gasteiger partial charge is 0.634 e. The Balaban J connectivity index is 1.09. The van der Waals surface area contributed by atoms with Crippen molar-refractivity contribution >= 4 is 11.4 Å². The lowest BCUT2D eigenvalue weighted by Crippen LogP contribution is -3.09. The molecule has 0 radical (unpaired) electrons. The minimum absolute atomic E-state index is 0.0285. The van der Waals surface area contributed by atoms with E-state index >= 15 is 0 Å². The lowest BCUT2D eigenvalue weighted by molar-refractivity contribution is -0.862. The molecule has 0 spiro atoms. The molecule has 0 aliphatic carbocycles. The van der Waals surface area contributed by atoms with Crippen molar-refractivity contribution in [3.05, 3.63) is 89.1 Å². The van der Waals surface area contributed by atoms with Gasteiger partial charge in [0.15, 0.2) is 11.5 Å². The standard InChI is InChI=1S/C34H44N2O3/c1-2-3-4-5-6-7-13-27-18-20-28(21-19-27)29-22-24-36(37)32(29)26-38-25-12-23-35-30-14-8-10-16-33(30)39-34-17-11-9-15-31(34)35/h8-11,14-21,29,32,36H,2-7,12-13,22-26H2,1H3/t29-,32-/m1/s1. The van der Waals surface area contributed by atoms with Gasteiger partial charge in [-0.3, -0.25) is 0 Å². The Kier molecular flexibility index (Phi) is 9.92. The van der Waals surface area contributed by atoms with Crippen LogP contribution in [0.1, 0.15) is 75.3 Å². The van der Waals surface area contributed by atoms with Gasteiger partial charge in [0, 0.05) is 25.5 Å². The van der Waals surface area contributed by atoms with Crippen molar-refractivity contribution in [3.63, 3.8) is 0 Å². The van der Waals surface area contributed by atoms with Crippen molar-refractivity contribution in [1.82, 2.24) is 0 Å². The van der Waals surface area contributed by atoms with Gasteiger partial charge >= 0.3 is 0 Å². The van der Waals surface area contributed by atoms with Crippen molar-refractivity contribution in [2.75, 3.05) is 31.2 Å². The number of benzene rings is 3. The lowest BCUT2D eigenvalue weighted by atomic mass is 9.91. The lowest BCUT2D eigenvalue weighted by Gasteiger charge is -2.32. The van der Waals surface area contributed by atoms with Gasteiger partial charge in [-0.2, -0.15) is 0 Å². The summed E-state index contributed by atoms with van der Waals surface area (Å²) in [6.45, 7) is 4.91. The zero-order valence-electron chi connectivity index (χ0n) is 23.4. The summed E-state index contributed by atoms with van der Waals surface area (Å²) in [6, 6.07) is 25.4. The van der Waals surface area contributed by atoms with Crippen molar-refractivity contribution in [2.24, 2.45) is 0 Å². The molecular weight excluding hydrogens is 484 g/mol. The highest BCUT2D eigenvalue weighted by atomic mass is 16.5. The number of hydrogen-bond acceptors (Lipinski definition) is 4. The first-order chi connectivity index (χ1) is 19.2. The van der Waals surface area contributed by atoms with Gasteiger partial charge in [0.25, 0.3) is 0 Å². The number of para-hydroxylation sites is 4. The molecule has 0 saturated carbocycles. The number of fused-ring (bicyclic) bond motifs is 2. The number of nitrogens with zero attached hydrogens (tertiary/aromatic N) is 1. The van der Waals surface area contributed by atoms with E-state index in [0.717, 1.165) is 48.7 Å². The van der Waals surface area contributed by atoms with Gasteiger partial charge in [0.2, 0.25) is 0 Å². The predicted molar refractivity (Wildman–Crippen MR) is 159 cm³/mol. The number of unbranched alkanes of at least 4 members (excludes halogenated alkanes) is 5. The number of quaternary nitrogens is 1. The number of anilines is 2. The average molecular weight is 529 g/mol. The fourth-order valence-electron chi connectivity index (χ4n) is 6.11. The van der Waals surface area contributed by atoms with Crippen LogP contribution in [0.3, 0.4) is 0 Å². The number of hydroxylamine groups is 2. The van der Waals surface area contributed by atoms with Crippen LogP contribution in [0, 0.1) is 5.21 Å². The zero-order chi connectivity index (χ0) is 26.9. The molecule has 0 amide bonds. The fraction of sp³-hybridized carbons (Fsp3) is 0.471. The van der Waals surface area contributed by atoms with Crippen LogP contribution >= 0.6 is 0 Å². The number of ether oxygens (including phenoxy) is 2. The van der Waals surface area contributed by atoms with Gasteiger partial charge in [-0.25, -0.2) is 0 Å². The van der Waals surface area contributed by atoms with Crippen LogP contribution in [0.5, 0.6) is 11.5 Å². The van der Waals surface area contributed by atoms with E-state index in [2.05, 4.69) is 48.2 Å². The minimum Gasteiger partial charge on any atom is -0.634 e. The Labute approximate surface area is 234 Å². The number of rotatable bonds is 14. The number of nitrogens with one attached hydrogen (secondary N) is 1. The molecule has 1 saturated heterocycles. The molecule has 208 valence electrons. The molecule has 1 fully saturated rings. The molecular formula is C34H44N2O3. The van der Waals surface area contributed by atoms with E-state index in [0.29, 0.717) is 24.8 Å². The molecule has 39 heavy (non-hydrogen) atoms. The minimum atomic E-state index is -0.0285. The molecule has 3 aromatic carbocycles. The summed E-state index contributed by atoms with van der Waals surface area (Å²) in [5.41, 5.74) is 4.88. The maximum Gasteiger partial charge on any atom is 0.151 e. The van der Waals surface area contributed by atoms with Crippen molar-refractivity contribution in [2.45, 2.75) is 76.7 Å². The number of hydrogen-bond donors (Lipinski definition) is 1. The van der Waals surface area contributed by atoms with Gasteiger partial charge < -0.3 is 24.6 Å². The molecule has 1 N–H and O–H groups in total. The molecule has 0 bridgehead atoms. The summed E-state index contributed by atoms with van der Waals surface area (Å²) in [4.78, 5) is 2.31. The SMILES string of the molecule is CCCCCCCCc1ccc([C@H]2CC[NH+]([O-])[C@@H]2COCCCN2c3ccccc3Oc3ccccc32)cc1. The summed E-state index contributed by atoms with van der Waals surface area (Å²) >= 11 is 0. The van der Waals surface area contributed by atoms with Crippen LogP contribution in [-0.2, 0) is 11.2 Å². The summed E-state index contributed by atoms with van der Waals surface area (Å²) in [6.07, 6.45) is 10.9. The van der Waals surface area contributed by atoms with E-state index in [1.807, 2.05) is 36.4 Å². The van der Waals surface area contributed by atoms with Crippen molar-refractivity contribution in [3.8, 4) is 11.5 Å². The van der Waals surface area contributed by atoms with Crippen LogP contribution in [0.2, 0.25) is 0 Å². The molecule has 2 aliphatic heterocycles. The summed E-state index contributed by atoms with van der Waals surface area (Å²) in [7, 11) is 0. The average Bonchev–Trinajstić information content (AvgIpc) is 3.34. The van der Waals surface area contributed by atoms with Crippen molar-refractivity contribution in [1.29, 1.82) is 0 Å². The first-order valence-corrected chi connectivity index (χ1v) is 15.1. The third-order valence-electron chi connectivity index (χ3n) is 8.33. The quantitative estimate of drug-likeness (QED) is 0.178. The van der Waals surface area contributed by atoms with E-state index in [-0.39, 0.29) is 12.0 Å². The molecule has 1 unspecified atom stereocenters. The second-order valence-electron chi connectivity index (χ2n) is 11.1. The first-order valence-electron chi connectivity index (χ1n) is 15.1. The first kappa shape index (κ1) is 27.7. The fourth-order valence-corrected chi connectivity index (χ4v) is 6.11. The molecule has 0 aromatic heterocycles. The van der Waals surface area contributed by atoms with Gasteiger partial charge in [0.1, 0.15) is 6.04 Å². The maximum atomic E-state index is 12.8. The molecule has 3 aromatic rings. The third-order valence-corrected chi connectivity index (χ3v) is 8.33. The molecule has 3 atom stereocenters. The second-order valence-corrected chi connectivity index (χ2v) is 11.1. The van der Waals surface area contributed by atoms with Crippen LogP contribution < -0.4 is 14.7 Å². The second kappa shape index (κ2) is 14.0. The highest BCUT2D eigenvalue weighted by Gasteiger charge is 2.35.